The van der Waals surface area contributed by atoms with E-state index in [4.69, 9.17) is 0 Å². The molecule has 2 rings (SSSR count). The van der Waals surface area contributed by atoms with Gasteiger partial charge in [0.1, 0.15) is 0 Å². The molecule has 0 bridgehead atoms. The molecule has 1 aliphatic carbocycles. The number of benzene rings is 1. The van der Waals surface area contributed by atoms with Gasteiger partial charge in [0.05, 0.1) is 0 Å². The Balaban J connectivity index is 0.000000952. The molecule has 1 atom stereocenters. The first kappa shape index (κ1) is 23.0. The third-order valence-electron chi connectivity index (χ3n) is 4.48. The van der Waals surface area contributed by atoms with Crippen LogP contribution in [0.25, 0.3) is 0 Å². The molecule has 1 fully saturated rings. The van der Waals surface area contributed by atoms with E-state index in [1.165, 1.54) is 61.6 Å². The summed E-state index contributed by atoms with van der Waals surface area (Å²) < 4.78 is 0. The van der Waals surface area contributed by atoms with Crippen molar-refractivity contribution >= 4 is 0 Å². The monoisotopic (exact) mass is 330 g/mol. The van der Waals surface area contributed by atoms with Crippen molar-refractivity contribution in [2.75, 3.05) is 0 Å². The zero-order valence-corrected chi connectivity index (χ0v) is 17.6. The average molecular weight is 331 g/mol. The fraction of sp³-hybridized carbons (Fsp3) is 0.667. The molecular formula is C24H42. The van der Waals surface area contributed by atoms with Crippen molar-refractivity contribution in [3.63, 3.8) is 0 Å². The smallest absolute Gasteiger partial charge is 0.0119 e. The fourth-order valence-electron chi connectivity index (χ4n) is 3.66. The van der Waals surface area contributed by atoms with Gasteiger partial charge in [-0.3, -0.25) is 0 Å². The van der Waals surface area contributed by atoms with Gasteiger partial charge in [0.2, 0.25) is 0 Å². The van der Waals surface area contributed by atoms with Gasteiger partial charge in [-0.25, -0.2) is 0 Å². The molecule has 1 aliphatic rings. The summed E-state index contributed by atoms with van der Waals surface area (Å²) in [6.45, 7) is 19.3. The van der Waals surface area contributed by atoms with Crippen molar-refractivity contribution in [3.8, 4) is 0 Å². The van der Waals surface area contributed by atoms with Gasteiger partial charge in [-0.1, -0.05) is 78.7 Å². The van der Waals surface area contributed by atoms with Crippen molar-refractivity contribution in [1.82, 2.24) is 0 Å². The van der Waals surface area contributed by atoms with Crippen LogP contribution in [0.4, 0.5) is 0 Å². The molecule has 0 aliphatic heterocycles. The molecule has 0 amide bonds. The predicted octanol–water partition coefficient (Wildman–Crippen LogP) is 8.17. The lowest BCUT2D eigenvalue weighted by atomic mass is 9.77. The Labute approximate surface area is 152 Å². The zero-order valence-electron chi connectivity index (χ0n) is 17.6. The SMILES string of the molecule is C=C1CCCC(c2c(C)cc(CCC)cc2CC)C1.CC.CCC. The maximum absolute atomic E-state index is 4.22. The minimum absolute atomic E-state index is 0.729. The molecule has 0 N–H and O–H groups in total. The van der Waals surface area contributed by atoms with Gasteiger partial charge in [-0.15, -0.1) is 0 Å². The van der Waals surface area contributed by atoms with E-state index in [0.29, 0.717) is 0 Å². The van der Waals surface area contributed by atoms with E-state index >= 15 is 0 Å². The van der Waals surface area contributed by atoms with Crippen molar-refractivity contribution in [2.24, 2.45) is 0 Å². The van der Waals surface area contributed by atoms with E-state index < -0.39 is 0 Å². The minimum Gasteiger partial charge on any atom is -0.0998 e. The van der Waals surface area contributed by atoms with Crippen LogP contribution in [0.15, 0.2) is 24.3 Å². The van der Waals surface area contributed by atoms with E-state index in [1.54, 1.807) is 11.1 Å². The van der Waals surface area contributed by atoms with Gasteiger partial charge >= 0.3 is 0 Å². The summed E-state index contributed by atoms with van der Waals surface area (Å²) in [5, 5.41) is 0. The van der Waals surface area contributed by atoms with Crippen molar-refractivity contribution in [2.45, 2.75) is 106 Å². The van der Waals surface area contributed by atoms with Crippen LogP contribution in [0, 0.1) is 6.92 Å². The van der Waals surface area contributed by atoms with Gasteiger partial charge < -0.3 is 0 Å². The van der Waals surface area contributed by atoms with E-state index in [2.05, 4.69) is 53.3 Å². The molecule has 138 valence electrons. The topological polar surface area (TPSA) is 0 Å². The van der Waals surface area contributed by atoms with Crippen molar-refractivity contribution < 1.29 is 0 Å². The standard InChI is InChI=1S/C19H28.C3H8.C2H6/c1-5-8-16-12-15(4)19(17(6-2)13-16)18-10-7-9-14(3)11-18;1-3-2;1-2/h12-13,18H,3,5-11H2,1-2,4H3;3H2,1-2H3;1-2H3. The Kier molecular flexibility index (Phi) is 12.7. The van der Waals surface area contributed by atoms with Crippen molar-refractivity contribution in [3.05, 3.63) is 46.5 Å². The normalized spacial score (nSPS) is 16.6. The molecular weight excluding hydrogens is 288 g/mol. The molecule has 0 heterocycles. The summed E-state index contributed by atoms with van der Waals surface area (Å²) in [6.07, 6.45) is 9.99. The highest BCUT2D eigenvalue weighted by molar-refractivity contribution is 5.42. The Bertz CT molecular complexity index is 467. The summed E-state index contributed by atoms with van der Waals surface area (Å²) in [6, 6.07) is 4.89. The lowest BCUT2D eigenvalue weighted by Crippen LogP contribution is -2.11. The minimum atomic E-state index is 0.729. The maximum atomic E-state index is 4.22. The van der Waals surface area contributed by atoms with Crippen LogP contribution in [-0.2, 0) is 12.8 Å². The van der Waals surface area contributed by atoms with E-state index in [-0.39, 0.29) is 0 Å². The van der Waals surface area contributed by atoms with Crippen LogP contribution in [-0.4, -0.2) is 0 Å². The number of allylic oxidation sites excluding steroid dienone is 1. The second kappa shape index (κ2) is 13.3. The van der Waals surface area contributed by atoms with Crippen molar-refractivity contribution in [1.29, 1.82) is 0 Å². The second-order valence-electron chi connectivity index (χ2n) is 6.84. The van der Waals surface area contributed by atoms with Crippen LogP contribution in [0.2, 0.25) is 0 Å². The predicted molar refractivity (Wildman–Crippen MR) is 112 cm³/mol. The van der Waals surface area contributed by atoms with Gasteiger partial charge in [0.25, 0.3) is 0 Å². The maximum Gasteiger partial charge on any atom is -0.0119 e. The number of hydrogen-bond acceptors (Lipinski definition) is 0. The molecule has 1 saturated carbocycles. The second-order valence-corrected chi connectivity index (χ2v) is 6.84. The number of hydrogen-bond donors (Lipinski definition) is 0. The molecule has 0 aromatic heterocycles. The highest BCUT2D eigenvalue weighted by atomic mass is 14.3. The molecule has 0 spiro atoms. The van der Waals surface area contributed by atoms with Crippen LogP contribution in [0.3, 0.4) is 0 Å². The molecule has 0 heteroatoms. The first-order chi connectivity index (χ1) is 11.6. The number of rotatable bonds is 4. The summed E-state index contributed by atoms with van der Waals surface area (Å²) in [7, 11) is 0. The highest BCUT2D eigenvalue weighted by Crippen LogP contribution is 2.38. The fourth-order valence-corrected chi connectivity index (χ4v) is 3.66. The highest BCUT2D eigenvalue weighted by Gasteiger charge is 2.21. The van der Waals surface area contributed by atoms with Crippen LogP contribution >= 0.6 is 0 Å². The van der Waals surface area contributed by atoms with Crippen LogP contribution in [0.5, 0.6) is 0 Å². The Morgan fingerprint density at radius 3 is 2.21 bits per heavy atom. The Morgan fingerprint density at radius 2 is 1.71 bits per heavy atom. The average Bonchev–Trinajstić information content (AvgIpc) is 2.57. The van der Waals surface area contributed by atoms with E-state index in [9.17, 15) is 0 Å². The molecule has 1 aromatic rings. The molecule has 0 saturated heterocycles. The summed E-state index contributed by atoms with van der Waals surface area (Å²) in [5.74, 6) is 0.729. The Hall–Kier alpha value is -1.04. The quantitative estimate of drug-likeness (QED) is 0.488. The van der Waals surface area contributed by atoms with Gasteiger partial charge in [-0.05, 0) is 73.6 Å². The third kappa shape index (κ3) is 7.24. The first-order valence-corrected chi connectivity index (χ1v) is 10.4. The molecule has 0 radical (unpaired) electrons. The van der Waals surface area contributed by atoms with Crippen LogP contribution < -0.4 is 0 Å². The zero-order chi connectivity index (χ0) is 18.5. The lowest BCUT2D eigenvalue weighted by molar-refractivity contribution is 0.519. The summed E-state index contributed by atoms with van der Waals surface area (Å²) in [5.41, 5.74) is 7.72. The largest absolute Gasteiger partial charge is 0.0998 e. The summed E-state index contributed by atoms with van der Waals surface area (Å²) in [4.78, 5) is 0. The van der Waals surface area contributed by atoms with Gasteiger partial charge in [0, 0.05) is 0 Å². The number of aryl methyl sites for hydroxylation is 3. The van der Waals surface area contributed by atoms with E-state index in [1.807, 2.05) is 13.8 Å². The first-order valence-electron chi connectivity index (χ1n) is 10.4. The van der Waals surface area contributed by atoms with Crippen LogP contribution in [0.1, 0.15) is 108 Å². The Morgan fingerprint density at radius 1 is 1.08 bits per heavy atom. The van der Waals surface area contributed by atoms with Gasteiger partial charge in [0.15, 0.2) is 0 Å². The summed E-state index contributed by atoms with van der Waals surface area (Å²) >= 11 is 0. The molecule has 1 aromatic carbocycles. The lowest BCUT2D eigenvalue weighted by Gasteiger charge is -2.28. The molecule has 1 unspecified atom stereocenters. The molecule has 24 heavy (non-hydrogen) atoms. The molecule has 0 nitrogen and oxygen atoms in total. The third-order valence-corrected chi connectivity index (χ3v) is 4.48. The van der Waals surface area contributed by atoms with E-state index in [0.717, 1.165) is 12.3 Å². The van der Waals surface area contributed by atoms with Gasteiger partial charge in [-0.2, -0.15) is 0 Å².